The monoisotopic (exact) mass is 345 g/mol. The van der Waals surface area contributed by atoms with Crippen LogP contribution >= 0.6 is 11.8 Å². The van der Waals surface area contributed by atoms with Gasteiger partial charge in [-0.1, -0.05) is 11.2 Å². The van der Waals surface area contributed by atoms with Crippen LogP contribution in [0.15, 0.2) is 41.1 Å². The Morgan fingerprint density at radius 3 is 3.00 bits per heavy atom. The van der Waals surface area contributed by atoms with Crippen molar-refractivity contribution in [3.8, 4) is 0 Å². The number of carbonyl (C=O) groups excluding carboxylic acids is 1. The van der Waals surface area contributed by atoms with Gasteiger partial charge in [0, 0.05) is 23.4 Å². The zero-order valence-corrected chi connectivity index (χ0v) is 14.1. The Hall–Kier alpha value is -2.41. The number of carbonyl (C=O) groups is 1. The fourth-order valence-electron chi connectivity index (χ4n) is 2.25. The van der Waals surface area contributed by atoms with Crippen molar-refractivity contribution in [2.75, 3.05) is 5.32 Å². The number of anilines is 1. The summed E-state index contributed by atoms with van der Waals surface area (Å²) in [4.78, 5) is 16.4. The molecule has 1 N–H and O–H groups in total. The van der Waals surface area contributed by atoms with Crippen molar-refractivity contribution in [2.45, 2.75) is 24.9 Å². The summed E-state index contributed by atoms with van der Waals surface area (Å²) in [5.41, 5.74) is 2.23. The maximum absolute atomic E-state index is 13.8. The molecule has 0 fully saturated rings. The van der Waals surface area contributed by atoms with Crippen molar-refractivity contribution in [3.63, 3.8) is 0 Å². The molecule has 0 aliphatic carbocycles. The molecule has 0 saturated heterocycles. The van der Waals surface area contributed by atoms with E-state index in [9.17, 15) is 9.18 Å². The molecule has 0 saturated carbocycles. The molecular weight excluding hydrogens is 329 g/mol. The van der Waals surface area contributed by atoms with Crippen molar-refractivity contribution in [2.24, 2.45) is 0 Å². The van der Waals surface area contributed by atoms with E-state index in [2.05, 4.69) is 15.5 Å². The van der Waals surface area contributed by atoms with Crippen LogP contribution < -0.4 is 5.32 Å². The van der Waals surface area contributed by atoms with Gasteiger partial charge in [-0.15, -0.1) is 11.8 Å². The van der Waals surface area contributed by atoms with Gasteiger partial charge in [0.2, 0.25) is 11.8 Å². The molecule has 5 nitrogen and oxygen atoms in total. The van der Waals surface area contributed by atoms with Crippen molar-refractivity contribution >= 4 is 34.5 Å². The molecule has 0 bridgehead atoms. The predicted octanol–water partition coefficient (Wildman–Crippen LogP) is 3.93. The molecule has 0 radical (unpaired) electrons. The van der Waals surface area contributed by atoms with E-state index >= 15 is 0 Å². The van der Waals surface area contributed by atoms with Crippen LogP contribution in [0.3, 0.4) is 0 Å². The number of fused-ring (bicyclic) bond motifs is 1. The van der Waals surface area contributed by atoms with Gasteiger partial charge in [0.25, 0.3) is 0 Å². The average Bonchev–Trinajstić information content (AvgIpc) is 2.99. The average molecular weight is 345 g/mol. The van der Waals surface area contributed by atoms with Gasteiger partial charge in [0.1, 0.15) is 5.82 Å². The highest BCUT2D eigenvalue weighted by molar-refractivity contribution is 7.99. The van der Waals surface area contributed by atoms with Crippen LogP contribution in [0, 0.1) is 12.7 Å². The van der Waals surface area contributed by atoms with Crippen LogP contribution in [0.1, 0.15) is 18.2 Å². The van der Waals surface area contributed by atoms with Crippen molar-refractivity contribution < 1.29 is 13.7 Å². The molecule has 124 valence electrons. The summed E-state index contributed by atoms with van der Waals surface area (Å²) >= 11 is 1.45. The van der Waals surface area contributed by atoms with Crippen LogP contribution in [0.2, 0.25) is 0 Å². The molecule has 3 aromatic rings. The van der Waals surface area contributed by atoms with Gasteiger partial charge in [-0.05, 0) is 37.6 Å². The summed E-state index contributed by atoms with van der Waals surface area (Å²) in [6.07, 6.45) is 1.64. The van der Waals surface area contributed by atoms with E-state index in [1.54, 1.807) is 37.4 Å². The van der Waals surface area contributed by atoms with Crippen molar-refractivity contribution in [1.82, 2.24) is 10.1 Å². The number of hydrogen-bond acceptors (Lipinski definition) is 5. The highest BCUT2D eigenvalue weighted by atomic mass is 32.2. The number of amides is 1. The van der Waals surface area contributed by atoms with Gasteiger partial charge in [-0.3, -0.25) is 15.1 Å². The standard InChI is InChI=1S/C17H16FN3O2S/c1-10-8-15(23-21-10)20-17(22)11(2)24-9-12-5-6-14(18)13-4-3-7-19-16(12)13/h3-8,11H,9H2,1-2H3,(H,20,22)/t11-/m1/s1. The molecule has 0 aliphatic rings. The Balaban J connectivity index is 1.67. The van der Waals surface area contributed by atoms with E-state index in [4.69, 9.17) is 4.52 Å². The van der Waals surface area contributed by atoms with Gasteiger partial charge in [0.15, 0.2) is 0 Å². The smallest absolute Gasteiger partial charge is 0.239 e. The minimum Gasteiger partial charge on any atom is -0.338 e. The number of aryl methyl sites for hydroxylation is 1. The third kappa shape index (κ3) is 3.56. The van der Waals surface area contributed by atoms with E-state index in [0.29, 0.717) is 28.2 Å². The predicted molar refractivity (Wildman–Crippen MR) is 92.3 cm³/mol. The van der Waals surface area contributed by atoms with Crippen molar-refractivity contribution in [1.29, 1.82) is 0 Å². The zero-order valence-electron chi connectivity index (χ0n) is 13.2. The molecule has 0 spiro atoms. The normalized spacial score (nSPS) is 12.3. The number of benzene rings is 1. The number of aromatic nitrogens is 2. The quantitative estimate of drug-likeness (QED) is 0.759. The van der Waals surface area contributed by atoms with E-state index in [1.165, 1.54) is 17.8 Å². The number of nitrogens with zero attached hydrogens (tertiary/aromatic N) is 2. The summed E-state index contributed by atoms with van der Waals surface area (Å²) in [7, 11) is 0. The molecule has 0 aliphatic heterocycles. The Kier molecular flexibility index (Phi) is 4.80. The lowest BCUT2D eigenvalue weighted by Crippen LogP contribution is -2.22. The first kappa shape index (κ1) is 16.4. The third-order valence-electron chi connectivity index (χ3n) is 3.53. The third-order valence-corrected chi connectivity index (χ3v) is 4.72. The molecule has 1 aromatic carbocycles. The molecule has 3 rings (SSSR count). The van der Waals surface area contributed by atoms with Gasteiger partial charge < -0.3 is 4.52 Å². The van der Waals surface area contributed by atoms with Gasteiger partial charge in [-0.2, -0.15) is 0 Å². The highest BCUT2D eigenvalue weighted by Gasteiger charge is 2.16. The van der Waals surface area contributed by atoms with E-state index in [-0.39, 0.29) is 17.0 Å². The van der Waals surface area contributed by atoms with Crippen LogP contribution in [-0.4, -0.2) is 21.3 Å². The molecular formula is C17H16FN3O2S. The van der Waals surface area contributed by atoms with E-state index in [0.717, 1.165) is 5.56 Å². The lowest BCUT2D eigenvalue weighted by Gasteiger charge is -2.11. The Morgan fingerprint density at radius 2 is 2.25 bits per heavy atom. The lowest BCUT2D eigenvalue weighted by atomic mass is 10.1. The maximum atomic E-state index is 13.8. The fourth-order valence-corrected chi connectivity index (χ4v) is 3.12. The number of halogens is 1. The maximum Gasteiger partial charge on any atom is 0.239 e. The summed E-state index contributed by atoms with van der Waals surface area (Å²) in [6, 6.07) is 8.21. The van der Waals surface area contributed by atoms with Gasteiger partial charge >= 0.3 is 0 Å². The topological polar surface area (TPSA) is 68.0 Å². The molecule has 1 amide bonds. The Bertz CT molecular complexity index is 881. The second-order valence-corrected chi connectivity index (χ2v) is 6.71. The molecule has 7 heteroatoms. The van der Waals surface area contributed by atoms with Gasteiger partial charge in [-0.25, -0.2) is 4.39 Å². The number of thioether (sulfide) groups is 1. The molecule has 24 heavy (non-hydrogen) atoms. The van der Waals surface area contributed by atoms with Crippen molar-refractivity contribution in [3.05, 3.63) is 53.6 Å². The first-order valence-electron chi connectivity index (χ1n) is 7.42. The number of hydrogen-bond donors (Lipinski definition) is 1. The lowest BCUT2D eigenvalue weighted by molar-refractivity contribution is -0.115. The summed E-state index contributed by atoms with van der Waals surface area (Å²) < 4.78 is 18.8. The first-order valence-corrected chi connectivity index (χ1v) is 8.47. The van der Waals surface area contributed by atoms with Crippen LogP contribution in [0.25, 0.3) is 10.9 Å². The molecule has 2 heterocycles. The van der Waals surface area contributed by atoms with Crippen LogP contribution in [0.5, 0.6) is 0 Å². The summed E-state index contributed by atoms with van der Waals surface area (Å²) in [6.45, 7) is 3.59. The van der Waals surface area contributed by atoms with Crippen LogP contribution in [0.4, 0.5) is 10.3 Å². The minimum atomic E-state index is -0.306. The summed E-state index contributed by atoms with van der Waals surface area (Å²) in [5.74, 6) is 0.422. The highest BCUT2D eigenvalue weighted by Crippen LogP contribution is 2.25. The number of pyridine rings is 1. The second kappa shape index (κ2) is 7.00. The molecule has 0 unspecified atom stereocenters. The minimum absolute atomic E-state index is 0.171. The number of nitrogens with one attached hydrogen (secondary N) is 1. The van der Waals surface area contributed by atoms with E-state index < -0.39 is 0 Å². The summed E-state index contributed by atoms with van der Waals surface area (Å²) in [5, 5.41) is 6.59. The fraction of sp³-hybridized carbons (Fsp3) is 0.235. The SMILES string of the molecule is Cc1cc(NC(=O)[C@@H](C)SCc2ccc(F)c3cccnc23)on1. The second-order valence-electron chi connectivity index (χ2n) is 5.38. The molecule has 2 aromatic heterocycles. The largest absolute Gasteiger partial charge is 0.338 e. The Labute approximate surface area is 142 Å². The van der Waals surface area contributed by atoms with Gasteiger partial charge in [0.05, 0.1) is 16.5 Å². The zero-order chi connectivity index (χ0) is 17.1. The Morgan fingerprint density at radius 1 is 1.42 bits per heavy atom. The molecule has 1 atom stereocenters. The number of rotatable bonds is 5. The first-order chi connectivity index (χ1) is 11.5. The van der Waals surface area contributed by atoms with E-state index in [1.807, 2.05) is 6.92 Å². The van der Waals surface area contributed by atoms with Crippen LogP contribution in [-0.2, 0) is 10.5 Å².